The molecule has 2 aromatic carbocycles. The van der Waals surface area contributed by atoms with Gasteiger partial charge in [-0.1, -0.05) is 44.2 Å². The minimum absolute atomic E-state index is 0.0508. The average Bonchev–Trinajstić information content (AvgIpc) is 2.87. The zero-order valence-electron chi connectivity index (χ0n) is 23.5. The van der Waals surface area contributed by atoms with Gasteiger partial charge < -0.3 is 21.1 Å². The normalized spacial score (nSPS) is 20.5. The number of hydrogen-bond donors (Lipinski definition) is 6. The van der Waals surface area contributed by atoms with Gasteiger partial charge in [0.2, 0.25) is 0 Å². The van der Waals surface area contributed by atoms with Crippen LogP contribution in [0.15, 0.2) is 48.5 Å². The number of carbonyl (C=O) groups is 1. The number of nitrogens with one attached hydrogen (secondary N) is 3. The fraction of sp³-hybridized carbons (Fsp3) is 0.567. The second-order valence-corrected chi connectivity index (χ2v) is 13.4. The van der Waals surface area contributed by atoms with E-state index in [1.807, 2.05) is 43.3 Å². The largest absolute Gasteiger partial charge is 0.390 e. The molecule has 1 saturated carbocycles. The molecule has 1 saturated heterocycles. The number of hydrogen-bond acceptors (Lipinski definition) is 7. The van der Waals surface area contributed by atoms with Crippen LogP contribution in [0.5, 0.6) is 0 Å². The summed E-state index contributed by atoms with van der Waals surface area (Å²) in [7, 11) is -2.93. The van der Waals surface area contributed by atoms with Gasteiger partial charge in [-0.15, -0.1) is 10.8 Å². The Bertz CT molecular complexity index is 1090. The highest BCUT2D eigenvalue weighted by molar-refractivity contribution is 8.25. The first-order valence-corrected chi connectivity index (χ1v) is 16.0. The molecule has 2 aliphatic rings. The molecule has 2 atom stereocenters. The predicted molar refractivity (Wildman–Crippen MR) is 162 cm³/mol. The molecule has 2 fully saturated rings. The van der Waals surface area contributed by atoms with Crippen LogP contribution in [0.3, 0.4) is 0 Å². The summed E-state index contributed by atoms with van der Waals surface area (Å²) < 4.78 is 23.1. The number of β-amino-alcohol motifs (C(OH)–C–C–N with tert-alkyl or cyclic N) is 1. The lowest BCUT2D eigenvalue weighted by Crippen LogP contribution is -2.59. The van der Waals surface area contributed by atoms with E-state index < -0.39 is 22.9 Å². The molecule has 1 aliphatic carbocycles. The maximum absolute atomic E-state index is 13.7. The lowest BCUT2D eigenvalue weighted by atomic mass is 9.69. The second-order valence-electron chi connectivity index (χ2n) is 11.3. The molecule has 1 aliphatic heterocycles. The van der Waals surface area contributed by atoms with E-state index in [1.165, 1.54) is 6.42 Å². The van der Waals surface area contributed by atoms with Gasteiger partial charge in [-0.25, -0.2) is 0 Å². The maximum Gasteiger partial charge on any atom is 0.251 e. The number of aliphatic hydroxyl groups is 1. The van der Waals surface area contributed by atoms with Gasteiger partial charge in [-0.2, -0.15) is 0 Å². The molecule has 1 amide bonds. The second kappa shape index (κ2) is 12.9. The Balaban J connectivity index is 1.56. The summed E-state index contributed by atoms with van der Waals surface area (Å²) in [6.07, 6.45) is 4.74. The SMILES string of the molecule is CCNc1cc(C(=O)N[C@@H](Cc2ccccc2)[C@@H](O)CNC2(C(C)C)CCC2)cc(N2CCCCS2(O)O)c1. The monoisotopic (exact) mass is 558 g/mol. The van der Waals surface area contributed by atoms with Gasteiger partial charge in [-0.3, -0.25) is 18.2 Å². The number of carbonyl (C=O) groups excluding carboxylic acids is 1. The third-order valence-electron chi connectivity index (χ3n) is 8.32. The van der Waals surface area contributed by atoms with E-state index in [9.17, 15) is 19.0 Å². The van der Waals surface area contributed by atoms with Gasteiger partial charge in [0, 0.05) is 36.4 Å². The van der Waals surface area contributed by atoms with Crippen LogP contribution >= 0.6 is 10.8 Å². The fourth-order valence-electron chi connectivity index (χ4n) is 5.67. The minimum Gasteiger partial charge on any atom is -0.390 e. The van der Waals surface area contributed by atoms with E-state index in [-0.39, 0.29) is 11.4 Å². The summed E-state index contributed by atoms with van der Waals surface area (Å²) >= 11 is 0. The highest BCUT2D eigenvalue weighted by atomic mass is 32.3. The third-order valence-corrected chi connectivity index (χ3v) is 10.3. The number of benzene rings is 2. The molecule has 9 heteroatoms. The molecule has 39 heavy (non-hydrogen) atoms. The molecule has 0 bridgehead atoms. The van der Waals surface area contributed by atoms with Crippen molar-refractivity contribution in [2.75, 3.05) is 35.0 Å². The van der Waals surface area contributed by atoms with Crippen molar-refractivity contribution < 1.29 is 19.0 Å². The van der Waals surface area contributed by atoms with Crippen molar-refractivity contribution in [3.8, 4) is 0 Å². The summed E-state index contributed by atoms with van der Waals surface area (Å²) in [5.41, 5.74) is 2.86. The average molecular weight is 559 g/mol. The molecule has 4 rings (SSSR count). The van der Waals surface area contributed by atoms with Crippen molar-refractivity contribution in [2.24, 2.45) is 5.92 Å². The van der Waals surface area contributed by atoms with E-state index in [0.717, 1.165) is 36.9 Å². The fourth-order valence-corrected chi connectivity index (χ4v) is 7.34. The van der Waals surface area contributed by atoms with Gasteiger partial charge in [0.05, 0.1) is 23.6 Å². The van der Waals surface area contributed by atoms with Crippen LogP contribution in [0.1, 0.15) is 68.8 Å². The quantitative estimate of drug-likeness (QED) is 0.211. The Morgan fingerprint density at radius 1 is 1.08 bits per heavy atom. The standard InChI is InChI=1S/C30H46N4O4S/c1-4-31-25-18-24(19-26(20-25)34-15-8-9-16-39(34,37)38)29(36)33-27(17-23-11-6-5-7-12-23)28(35)21-32-30(22(2)3)13-10-14-30/h5-7,11-12,18-20,22,27-28,31-32,35,37-38H,4,8-10,13-17,21H2,1-3H3,(H,33,36)/t27-,28-/m0/s1. The molecule has 0 unspecified atom stereocenters. The van der Waals surface area contributed by atoms with Crippen LogP contribution in [0.4, 0.5) is 11.4 Å². The molecule has 0 radical (unpaired) electrons. The number of rotatable bonds is 12. The lowest BCUT2D eigenvalue weighted by molar-refractivity contribution is 0.0654. The van der Waals surface area contributed by atoms with Crippen molar-refractivity contribution in [1.82, 2.24) is 10.6 Å². The van der Waals surface area contributed by atoms with Crippen LogP contribution in [0.25, 0.3) is 0 Å². The van der Waals surface area contributed by atoms with E-state index in [2.05, 4.69) is 29.8 Å². The Morgan fingerprint density at radius 2 is 1.82 bits per heavy atom. The van der Waals surface area contributed by atoms with Crippen molar-refractivity contribution in [3.05, 3.63) is 59.7 Å². The number of anilines is 2. The van der Waals surface area contributed by atoms with Gasteiger partial charge >= 0.3 is 0 Å². The van der Waals surface area contributed by atoms with Crippen LogP contribution in [0, 0.1) is 5.92 Å². The zero-order valence-corrected chi connectivity index (χ0v) is 24.3. The predicted octanol–water partition coefficient (Wildman–Crippen LogP) is 5.25. The van der Waals surface area contributed by atoms with Gasteiger partial charge in [-0.05, 0) is 75.1 Å². The molecular weight excluding hydrogens is 512 g/mol. The Kier molecular flexibility index (Phi) is 9.82. The summed E-state index contributed by atoms with van der Waals surface area (Å²) in [5.74, 6) is 0.498. The van der Waals surface area contributed by atoms with E-state index in [0.29, 0.717) is 49.0 Å². The number of aliphatic hydroxyl groups excluding tert-OH is 1. The van der Waals surface area contributed by atoms with Crippen LogP contribution in [-0.2, 0) is 6.42 Å². The first-order chi connectivity index (χ1) is 18.6. The first kappa shape index (κ1) is 29.7. The highest BCUT2D eigenvalue weighted by Crippen LogP contribution is 2.50. The molecule has 0 spiro atoms. The van der Waals surface area contributed by atoms with Crippen molar-refractivity contribution in [1.29, 1.82) is 0 Å². The Morgan fingerprint density at radius 3 is 2.44 bits per heavy atom. The van der Waals surface area contributed by atoms with Crippen molar-refractivity contribution in [3.63, 3.8) is 0 Å². The molecule has 0 aromatic heterocycles. The maximum atomic E-state index is 13.7. The third kappa shape index (κ3) is 7.27. The Labute approximate surface area is 235 Å². The molecular formula is C30H46N4O4S. The molecule has 6 N–H and O–H groups in total. The summed E-state index contributed by atoms with van der Waals surface area (Å²) in [6.45, 7) is 8.00. The van der Waals surface area contributed by atoms with Crippen LogP contribution in [-0.4, -0.2) is 63.2 Å². The van der Waals surface area contributed by atoms with Gasteiger partial charge in [0.25, 0.3) is 5.91 Å². The molecule has 8 nitrogen and oxygen atoms in total. The molecule has 216 valence electrons. The number of nitrogens with zero attached hydrogens (tertiary/aromatic N) is 1. The topological polar surface area (TPSA) is 117 Å². The molecule has 2 aromatic rings. The minimum atomic E-state index is -2.93. The van der Waals surface area contributed by atoms with Crippen LogP contribution < -0.4 is 20.3 Å². The summed E-state index contributed by atoms with van der Waals surface area (Å²) in [6, 6.07) is 14.8. The summed E-state index contributed by atoms with van der Waals surface area (Å²) in [5, 5.41) is 21.3. The van der Waals surface area contributed by atoms with Gasteiger partial charge in [0.15, 0.2) is 0 Å². The number of amides is 1. The smallest absolute Gasteiger partial charge is 0.251 e. The first-order valence-electron chi connectivity index (χ1n) is 14.3. The van der Waals surface area contributed by atoms with E-state index >= 15 is 0 Å². The van der Waals surface area contributed by atoms with Crippen molar-refractivity contribution >= 4 is 28.1 Å². The van der Waals surface area contributed by atoms with Gasteiger partial charge in [0.1, 0.15) is 0 Å². The van der Waals surface area contributed by atoms with E-state index in [4.69, 9.17) is 0 Å². The highest BCUT2D eigenvalue weighted by Gasteiger charge is 2.40. The Hall–Kier alpha value is -2.30. The van der Waals surface area contributed by atoms with Crippen LogP contribution in [0.2, 0.25) is 0 Å². The molecule has 1 heterocycles. The van der Waals surface area contributed by atoms with Crippen molar-refractivity contribution in [2.45, 2.75) is 77.0 Å². The zero-order chi connectivity index (χ0) is 28.0. The summed E-state index contributed by atoms with van der Waals surface area (Å²) in [4.78, 5) is 13.7. The van der Waals surface area contributed by atoms with E-state index in [1.54, 1.807) is 16.4 Å². The lowest BCUT2D eigenvalue weighted by Gasteiger charge is -2.47.